The van der Waals surface area contributed by atoms with Gasteiger partial charge in [0.15, 0.2) is 0 Å². The predicted octanol–water partition coefficient (Wildman–Crippen LogP) is 10.3. The van der Waals surface area contributed by atoms with Crippen molar-refractivity contribution in [1.82, 2.24) is 14.5 Å². The van der Waals surface area contributed by atoms with Crippen LogP contribution in [0.3, 0.4) is 0 Å². The SMILES string of the molecule is CCc1nc2ccccc2n1-c1cccc(-c2c3ccccc3c(-c3cccc(-c4ccncc4)c3)c3ccccc23)c1. The van der Waals surface area contributed by atoms with E-state index < -0.39 is 0 Å². The Morgan fingerprint density at radius 1 is 0.512 bits per heavy atom. The topological polar surface area (TPSA) is 30.7 Å². The molecule has 0 N–H and O–H groups in total. The van der Waals surface area contributed by atoms with Crippen LogP contribution in [0.4, 0.5) is 0 Å². The highest BCUT2D eigenvalue weighted by atomic mass is 15.1. The van der Waals surface area contributed by atoms with Gasteiger partial charge in [0.25, 0.3) is 0 Å². The molecule has 0 saturated heterocycles. The van der Waals surface area contributed by atoms with Gasteiger partial charge in [-0.25, -0.2) is 4.98 Å². The van der Waals surface area contributed by atoms with Crippen LogP contribution in [0.2, 0.25) is 0 Å². The molecule has 0 aliphatic heterocycles. The summed E-state index contributed by atoms with van der Waals surface area (Å²) in [5.41, 5.74) is 10.6. The number of aryl methyl sites for hydroxylation is 1. The molecule has 2 aromatic heterocycles. The molecule has 0 unspecified atom stereocenters. The number of benzene rings is 6. The Kier molecular flexibility index (Phi) is 6.08. The van der Waals surface area contributed by atoms with Crippen LogP contribution >= 0.6 is 0 Å². The minimum Gasteiger partial charge on any atom is -0.296 e. The lowest BCUT2D eigenvalue weighted by atomic mass is 9.85. The molecule has 43 heavy (non-hydrogen) atoms. The zero-order valence-corrected chi connectivity index (χ0v) is 23.9. The summed E-state index contributed by atoms with van der Waals surface area (Å²) in [7, 11) is 0. The van der Waals surface area contributed by atoms with E-state index in [0.29, 0.717) is 0 Å². The Morgan fingerprint density at radius 3 is 1.72 bits per heavy atom. The van der Waals surface area contributed by atoms with Gasteiger partial charge in [0.05, 0.1) is 11.0 Å². The molecule has 0 fully saturated rings. The summed E-state index contributed by atoms with van der Waals surface area (Å²) in [6.45, 7) is 2.17. The van der Waals surface area contributed by atoms with Crippen molar-refractivity contribution in [2.45, 2.75) is 13.3 Å². The number of pyridine rings is 1. The zero-order valence-electron chi connectivity index (χ0n) is 23.9. The summed E-state index contributed by atoms with van der Waals surface area (Å²) >= 11 is 0. The summed E-state index contributed by atoms with van der Waals surface area (Å²) in [5, 5.41) is 4.98. The minimum absolute atomic E-state index is 0.859. The first-order chi connectivity index (χ1) is 21.3. The fraction of sp³-hybridized carbons (Fsp3) is 0.0500. The monoisotopic (exact) mass is 551 g/mol. The highest BCUT2D eigenvalue weighted by Gasteiger charge is 2.18. The molecule has 204 valence electrons. The third-order valence-electron chi connectivity index (χ3n) is 8.44. The van der Waals surface area contributed by atoms with Crippen molar-refractivity contribution in [2.24, 2.45) is 0 Å². The highest BCUT2D eigenvalue weighted by molar-refractivity contribution is 6.21. The lowest BCUT2D eigenvalue weighted by Gasteiger charge is -2.19. The Morgan fingerprint density at radius 2 is 1.07 bits per heavy atom. The van der Waals surface area contributed by atoms with E-state index in [1.165, 1.54) is 49.4 Å². The zero-order chi connectivity index (χ0) is 28.8. The number of hydrogen-bond acceptors (Lipinski definition) is 2. The average Bonchev–Trinajstić information content (AvgIpc) is 3.46. The van der Waals surface area contributed by atoms with Gasteiger partial charge in [-0.3, -0.25) is 9.55 Å². The van der Waals surface area contributed by atoms with E-state index in [1.54, 1.807) is 0 Å². The van der Waals surface area contributed by atoms with Crippen LogP contribution in [0.25, 0.3) is 71.6 Å². The quantitative estimate of drug-likeness (QED) is 0.199. The number of imidazole rings is 1. The molecule has 3 heteroatoms. The fourth-order valence-corrected chi connectivity index (χ4v) is 6.55. The van der Waals surface area contributed by atoms with Gasteiger partial charge in [0, 0.05) is 24.5 Å². The minimum atomic E-state index is 0.859. The average molecular weight is 552 g/mol. The summed E-state index contributed by atoms with van der Waals surface area (Å²) in [5.74, 6) is 1.07. The Bertz CT molecular complexity index is 2220. The molecular weight excluding hydrogens is 522 g/mol. The number of aromatic nitrogens is 3. The van der Waals surface area contributed by atoms with Crippen LogP contribution < -0.4 is 0 Å². The lowest BCUT2D eigenvalue weighted by Crippen LogP contribution is -2.00. The molecule has 8 rings (SSSR count). The maximum Gasteiger partial charge on any atom is 0.114 e. The number of fused-ring (bicyclic) bond motifs is 3. The molecule has 0 aliphatic carbocycles. The van der Waals surface area contributed by atoms with E-state index in [-0.39, 0.29) is 0 Å². The second-order valence-electron chi connectivity index (χ2n) is 10.9. The van der Waals surface area contributed by atoms with Crippen LogP contribution in [0.1, 0.15) is 12.7 Å². The largest absolute Gasteiger partial charge is 0.296 e. The summed E-state index contributed by atoms with van der Waals surface area (Å²) in [6, 6.07) is 48.0. The third-order valence-corrected chi connectivity index (χ3v) is 8.44. The summed E-state index contributed by atoms with van der Waals surface area (Å²) in [6.07, 6.45) is 4.57. The van der Waals surface area contributed by atoms with E-state index in [9.17, 15) is 0 Å². The van der Waals surface area contributed by atoms with E-state index >= 15 is 0 Å². The molecule has 0 atom stereocenters. The van der Waals surface area contributed by atoms with Crippen LogP contribution in [-0.4, -0.2) is 14.5 Å². The number of rotatable bonds is 5. The van der Waals surface area contributed by atoms with Crippen LogP contribution in [0.5, 0.6) is 0 Å². The van der Waals surface area contributed by atoms with E-state index in [4.69, 9.17) is 4.98 Å². The molecule has 0 amide bonds. The van der Waals surface area contributed by atoms with Crippen molar-refractivity contribution in [3.8, 4) is 39.1 Å². The molecule has 3 nitrogen and oxygen atoms in total. The standard InChI is InChI=1S/C40H29N3/c1-2-38-42-36-19-7-8-20-37(36)43(38)31-14-10-13-30(26-31)40-34-17-5-3-15-32(34)39(33-16-4-6-18-35(33)40)29-12-9-11-28(25-29)27-21-23-41-24-22-27/h3-26H,2H2,1H3. The van der Waals surface area contributed by atoms with Gasteiger partial charge in [0.2, 0.25) is 0 Å². The molecule has 2 heterocycles. The number of nitrogens with zero attached hydrogens (tertiary/aromatic N) is 3. The Balaban J connectivity index is 1.39. The van der Waals surface area contributed by atoms with Gasteiger partial charge in [-0.1, -0.05) is 97.9 Å². The molecule has 0 bridgehead atoms. The number of hydrogen-bond donors (Lipinski definition) is 0. The van der Waals surface area contributed by atoms with Crippen molar-refractivity contribution in [2.75, 3.05) is 0 Å². The van der Waals surface area contributed by atoms with Crippen LogP contribution in [-0.2, 0) is 6.42 Å². The van der Waals surface area contributed by atoms with Crippen molar-refractivity contribution in [1.29, 1.82) is 0 Å². The van der Waals surface area contributed by atoms with Crippen molar-refractivity contribution in [3.05, 3.63) is 152 Å². The van der Waals surface area contributed by atoms with Crippen molar-refractivity contribution < 1.29 is 0 Å². The van der Waals surface area contributed by atoms with Gasteiger partial charge in [0.1, 0.15) is 5.82 Å². The summed E-state index contributed by atoms with van der Waals surface area (Å²) < 4.78 is 2.31. The second kappa shape index (κ2) is 10.4. The second-order valence-corrected chi connectivity index (χ2v) is 10.9. The Hall–Kier alpha value is -5.54. The molecular formula is C40H29N3. The first-order valence-corrected chi connectivity index (χ1v) is 14.8. The molecule has 0 spiro atoms. The molecule has 8 aromatic rings. The smallest absolute Gasteiger partial charge is 0.114 e. The highest BCUT2D eigenvalue weighted by Crippen LogP contribution is 2.44. The van der Waals surface area contributed by atoms with Crippen molar-refractivity contribution in [3.63, 3.8) is 0 Å². The van der Waals surface area contributed by atoms with Crippen LogP contribution in [0, 0.1) is 0 Å². The fourth-order valence-electron chi connectivity index (χ4n) is 6.55. The maximum absolute atomic E-state index is 4.94. The van der Waals surface area contributed by atoms with Gasteiger partial charge >= 0.3 is 0 Å². The first kappa shape index (κ1) is 25.2. The molecule has 0 radical (unpaired) electrons. The number of para-hydroxylation sites is 2. The third kappa shape index (κ3) is 4.21. The van der Waals surface area contributed by atoms with E-state index in [2.05, 4.69) is 150 Å². The maximum atomic E-state index is 4.94. The van der Waals surface area contributed by atoms with Gasteiger partial charge in [-0.05, 0) is 97.4 Å². The predicted molar refractivity (Wildman–Crippen MR) is 180 cm³/mol. The lowest BCUT2D eigenvalue weighted by molar-refractivity contribution is 0.908. The van der Waals surface area contributed by atoms with Gasteiger partial charge < -0.3 is 0 Å². The normalized spacial score (nSPS) is 11.5. The van der Waals surface area contributed by atoms with Gasteiger partial charge in [-0.15, -0.1) is 0 Å². The molecule has 0 saturated carbocycles. The molecule has 6 aromatic carbocycles. The van der Waals surface area contributed by atoms with Gasteiger partial charge in [-0.2, -0.15) is 0 Å². The summed E-state index contributed by atoms with van der Waals surface area (Å²) in [4.78, 5) is 9.16. The van der Waals surface area contributed by atoms with E-state index in [0.717, 1.165) is 34.5 Å². The van der Waals surface area contributed by atoms with Crippen molar-refractivity contribution >= 4 is 32.6 Å². The van der Waals surface area contributed by atoms with E-state index in [1.807, 2.05) is 12.4 Å². The Labute approximate surface area is 250 Å². The molecule has 0 aliphatic rings. The first-order valence-electron chi connectivity index (χ1n) is 14.8. The van der Waals surface area contributed by atoms with Crippen LogP contribution in [0.15, 0.2) is 146 Å².